The number of halogens is 1. The topological polar surface area (TPSA) is 457 Å². The summed E-state index contributed by atoms with van der Waals surface area (Å²) in [5.41, 5.74) is 3.73. The highest BCUT2D eigenvalue weighted by Gasteiger charge is 2.43. The van der Waals surface area contributed by atoms with E-state index in [1.807, 2.05) is 48.5 Å². The molecule has 9 aliphatic rings. The van der Waals surface area contributed by atoms with Gasteiger partial charge in [0.1, 0.15) is 62.7 Å². The van der Waals surface area contributed by atoms with Crippen molar-refractivity contribution in [3.8, 4) is 102 Å². The smallest absolute Gasteiger partial charge is 0.419 e. The number of hydrogen-bond acceptors (Lipinski definition) is 29. The van der Waals surface area contributed by atoms with E-state index >= 15 is 9.18 Å². The first-order valence-corrected chi connectivity index (χ1v) is 44.5. The van der Waals surface area contributed by atoms with Gasteiger partial charge < -0.3 is 79.9 Å². The van der Waals surface area contributed by atoms with Gasteiger partial charge in [-0.2, -0.15) is 0 Å². The lowest BCUT2D eigenvalue weighted by molar-refractivity contribution is -0.384. The summed E-state index contributed by atoms with van der Waals surface area (Å²) >= 11 is 4.16. The number of fused-ring (bicyclic) bond motifs is 12. The molecule has 5 unspecified atom stereocenters. The van der Waals surface area contributed by atoms with Crippen molar-refractivity contribution in [1.29, 1.82) is 0 Å². The Labute approximate surface area is 762 Å². The number of amides is 5. The zero-order valence-corrected chi connectivity index (χ0v) is 71.4. The molecule has 24 rings (SSSR count). The summed E-state index contributed by atoms with van der Waals surface area (Å²) in [6.45, 7) is -0.101. The van der Waals surface area contributed by atoms with E-state index in [1.54, 1.807) is 80.0 Å². The number of nitrogens with one attached hydrogen (secondary N) is 7. The SMILES string of the molecule is Cn1c(=O)oc2cc(C3Oc4ccc(N5C(=O)COc6ccc(C7CNc8cc(-c9cccn%10c(=O)c(-c%11ccc%12c(c%11)NC(=O)CS%12)c(C%11Oc%12cc(-c%13cc(O)c%14c(c%13-c%13cc%15c(cc%13F)OCC(=O)N%15)C(c%13cc%15cccc(O)c%15c(=O)[nH]%13)C(=O)C=N%14)c([N+](=O)[O-])cc%12O%11)nc9%10)ccc8S7)nc65)cc4NC3=O)cc(-c3ccc4c(c3)NCC(c3cnc5c(c3)NC(=O)CS5)O4)c21. The molecule has 9 aliphatic heterocycles. The molecule has 9 N–H and O–H groups in total. The van der Waals surface area contributed by atoms with E-state index in [4.69, 9.17) is 42.8 Å². The Kier molecular flexibility index (Phi) is 18.4. The van der Waals surface area contributed by atoms with Gasteiger partial charge in [0, 0.05) is 92.2 Å². The number of aromatic amines is 1. The van der Waals surface area contributed by atoms with Crippen molar-refractivity contribution in [2.24, 2.45) is 12.0 Å². The van der Waals surface area contributed by atoms with Gasteiger partial charge in [-0.1, -0.05) is 42.1 Å². The van der Waals surface area contributed by atoms with Crippen LogP contribution in [-0.4, -0.2) is 123 Å². The Bertz CT molecular complexity index is 8180. The van der Waals surface area contributed by atoms with Crippen molar-refractivity contribution < 1.29 is 81.1 Å². The largest absolute Gasteiger partial charge is 0.507 e. The minimum absolute atomic E-state index is 0.0336. The molecule has 0 saturated heterocycles. The Morgan fingerprint density at radius 2 is 1.35 bits per heavy atom. The summed E-state index contributed by atoms with van der Waals surface area (Å²) in [5.74, 6) is -5.84. The van der Waals surface area contributed by atoms with Gasteiger partial charge in [0.15, 0.2) is 47.6 Å². The monoisotopic (exact) mass is 1850 g/mol. The summed E-state index contributed by atoms with van der Waals surface area (Å²) in [6.07, 6.45) is 0.824. The van der Waals surface area contributed by atoms with Crippen molar-refractivity contribution in [1.82, 2.24) is 28.9 Å². The van der Waals surface area contributed by atoms with Crippen LogP contribution in [-0.2, 0) is 35.8 Å². The van der Waals surface area contributed by atoms with Gasteiger partial charge in [-0.05, 0) is 155 Å². The minimum atomic E-state index is -1.69. The molecule has 0 aliphatic carbocycles. The fourth-order valence-corrected chi connectivity index (χ4v) is 21.0. The van der Waals surface area contributed by atoms with Crippen molar-refractivity contribution in [2.75, 3.05) is 74.6 Å². The van der Waals surface area contributed by atoms with Crippen LogP contribution in [0.4, 0.5) is 61.4 Å². The number of anilines is 8. The maximum atomic E-state index is 17.5. The Balaban J connectivity index is 0.532. The zero-order chi connectivity index (χ0) is 91.2. The van der Waals surface area contributed by atoms with E-state index in [1.165, 1.54) is 91.7 Å². The average molecular weight is 1850 g/mol. The van der Waals surface area contributed by atoms with Gasteiger partial charge in [0.25, 0.3) is 40.8 Å². The van der Waals surface area contributed by atoms with Crippen LogP contribution in [0.3, 0.4) is 0 Å². The molecule has 35 nitrogen and oxygen atoms in total. The van der Waals surface area contributed by atoms with Crippen LogP contribution in [0.2, 0.25) is 0 Å². The highest BCUT2D eigenvalue weighted by Crippen LogP contribution is 2.58. The normalized spacial score (nSPS) is 18.1. The molecule has 0 saturated carbocycles. The molecule has 39 heteroatoms. The summed E-state index contributed by atoms with van der Waals surface area (Å²) < 4.78 is 63.8. The van der Waals surface area contributed by atoms with Crippen molar-refractivity contribution >= 4 is 161 Å². The second-order valence-electron chi connectivity index (χ2n) is 32.6. The predicted molar refractivity (Wildman–Crippen MR) is 491 cm³/mol. The fraction of sp³-hybridized carbons (Fsp3) is 0.126. The molecule has 5 atom stereocenters. The van der Waals surface area contributed by atoms with E-state index < -0.39 is 93.6 Å². The van der Waals surface area contributed by atoms with Gasteiger partial charge in [0.2, 0.25) is 17.9 Å². The van der Waals surface area contributed by atoms with E-state index in [0.29, 0.717) is 96.9 Å². The van der Waals surface area contributed by atoms with Gasteiger partial charge in [-0.25, -0.2) is 29.1 Å². The van der Waals surface area contributed by atoms with Crippen molar-refractivity contribution in [2.45, 2.75) is 44.5 Å². The molecule has 5 amide bonds. The molecule has 15 aromatic rings. The lowest BCUT2D eigenvalue weighted by atomic mass is 9.78. The lowest BCUT2D eigenvalue weighted by Crippen LogP contribution is -2.36. The summed E-state index contributed by atoms with van der Waals surface area (Å²) in [5, 5.41) is 55.7. The number of oxazole rings is 1. The van der Waals surface area contributed by atoms with Crippen molar-refractivity contribution in [3.05, 3.63) is 263 Å². The first-order chi connectivity index (χ1) is 65.0. The molecule has 0 spiro atoms. The first-order valence-electron chi connectivity index (χ1n) is 41.6. The standard InChI is InChI=1S/C95H60FN15O20S3/c1-108-86-47(40-7-12-64-53(19-40)97-33-71(127-64)44-23-59-92(100-31-44)133-38-77(117)103-59)18-43(24-70(86)131-95(108)122)87-91(120)105-54-25-45(10-13-65(54)128-87)110-78(118)36-126-66-14-11-52(104-89(66)110)74-34-98-56-20-39(8-16-73(56)134-74)46-5-3-17-109-88(46)107-85(80(93(109)121)42-9-15-72-57(21-42)102-76(116)37-132-72)94-129-68-28-48(60(111(123)124)30-69(68)130-94)49-27-62(113)84-83(81(49)50-26-55-67(29-51(50)96)125-35-75(115)101-55)82(63(114)32-99-84)58-22-41-4-2-6-61(112)79(41)90(119)106-58/h2-32,71,74,82,87,94,97-98,112-113H,33-38H2,1H3,(H,101,115)(H,102,116)(H,103,117)(H,105,120)(H,106,119). The van der Waals surface area contributed by atoms with Gasteiger partial charge in [-0.15, -0.1) is 23.5 Å². The third-order valence-electron chi connectivity index (χ3n) is 24.5. The molecule has 6 aromatic heterocycles. The van der Waals surface area contributed by atoms with Crippen LogP contribution in [0.5, 0.6) is 46.0 Å². The molecular weight excluding hydrogens is 1790 g/mol. The number of nitrogens with zero attached hydrogens (tertiary/aromatic N) is 8. The number of thioether (sulfide) groups is 3. The summed E-state index contributed by atoms with van der Waals surface area (Å²) in [6, 6.07) is 44.6. The number of H-pyrrole nitrogens is 1. The number of ether oxygens (including phenoxy) is 6. The maximum absolute atomic E-state index is 17.5. The average Bonchev–Trinajstić information content (AvgIpc) is 1.21. The van der Waals surface area contributed by atoms with Gasteiger partial charge in [0.05, 0.1) is 108 Å². The molecule has 9 aromatic carbocycles. The van der Waals surface area contributed by atoms with Crippen LogP contribution in [0, 0.1) is 15.9 Å². The van der Waals surface area contributed by atoms with E-state index in [0.717, 1.165) is 39.9 Å². The third-order valence-corrected chi connectivity index (χ3v) is 27.9. The number of Topliss-reactive ketones (excluding diaryl/α,β-unsaturated/α-hetero) is 1. The first kappa shape index (κ1) is 80.5. The number of nitro groups is 1. The van der Waals surface area contributed by atoms with Crippen LogP contribution in [0.25, 0.3) is 83.2 Å². The molecule has 0 bridgehead atoms. The van der Waals surface area contributed by atoms with Crippen molar-refractivity contribution in [3.63, 3.8) is 0 Å². The third kappa shape index (κ3) is 13.3. The zero-order valence-electron chi connectivity index (χ0n) is 69.0. The Hall–Kier alpha value is -16.8. The Morgan fingerprint density at radius 3 is 2.22 bits per heavy atom. The number of aromatic nitrogens is 6. The predicted octanol–water partition coefficient (Wildman–Crippen LogP) is 14.8. The van der Waals surface area contributed by atoms with E-state index in [2.05, 4.69) is 46.9 Å². The van der Waals surface area contributed by atoms with Crippen LogP contribution in [0.1, 0.15) is 63.4 Å². The molecule has 0 radical (unpaired) electrons. The van der Waals surface area contributed by atoms with Gasteiger partial charge in [-0.3, -0.25) is 62.3 Å². The number of carbonyl (C=O) groups excluding carboxylic acids is 6. The summed E-state index contributed by atoms with van der Waals surface area (Å²) in [4.78, 5) is 162. The number of ketones is 1. The molecule has 0 fully saturated rings. The highest BCUT2D eigenvalue weighted by atomic mass is 32.2. The molecule has 15 heterocycles. The second kappa shape index (κ2) is 30.7. The quantitative estimate of drug-likeness (QED) is 0.0405. The number of carbonyl (C=O) groups is 6. The Morgan fingerprint density at radius 1 is 0.597 bits per heavy atom. The van der Waals surface area contributed by atoms with E-state index in [-0.39, 0.29) is 159 Å². The number of hydrogen-bond donors (Lipinski definition) is 9. The molecule has 134 heavy (non-hydrogen) atoms. The maximum Gasteiger partial charge on any atom is 0.419 e. The second-order valence-corrected chi connectivity index (χ2v) is 35.8. The molecular formula is C95H60FN15O20S3. The number of benzene rings is 9. The fourth-order valence-electron chi connectivity index (χ4n) is 18.4. The van der Waals surface area contributed by atoms with Gasteiger partial charge >= 0.3 is 5.76 Å². The number of rotatable bonds is 12. The number of aliphatic imine (C=N–C) groups is 1. The lowest BCUT2D eigenvalue weighted by Gasteiger charge is -2.32. The van der Waals surface area contributed by atoms with Crippen LogP contribution < -0.4 is 82.1 Å². The van der Waals surface area contributed by atoms with Crippen LogP contribution >= 0.6 is 35.3 Å². The number of phenols is 2. The number of aryl methyl sites for hydroxylation is 1. The number of pyridine rings is 4. The molecule has 660 valence electrons. The van der Waals surface area contributed by atoms with E-state index in [9.17, 15) is 58.7 Å². The highest BCUT2D eigenvalue weighted by molar-refractivity contribution is 8.00. The number of aromatic hydroxyl groups is 2. The minimum Gasteiger partial charge on any atom is -0.507 e. The number of phenolic OH excluding ortho intramolecular Hbond substituents is 2. The van der Waals surface area contributed by atoms with Crippen LogP contribution in [0.15, 0.2) is 221 Å². The summed E-state index contributed by atoms with van der Waals surface area (Å²) in [7, 11) is 1.59. The number of nitro benzene ring substituents is 1.